The minimum absolute atomic E-state index is 0.0279. The average Bonchev–Trinajstić information content (AvgIpc) is 2.49. The third-order valence-corrected chi connectivity index (χ3v) is 4.38. The third-order valence-electron chi connectivity index (χ3n) is 3.17. The fourth-order valence-corrected chi connectivity index (χ4v) is 3.18. The maximum atomic E-state index is 12.1. The zero-order valence-corrected chi connectivity index (χ0v) is 15.6. The molecule has 120 valence electrons. The first-order chi connectivity index (χ1) is 10.8. The van der Waals surface area contributed by atoms with Crippen molar-refractivity contribution in [1.29, 1.82) is 0 Å². The molecule has 5 nitrogen and oxygen atoms in total. The van der Waals surface area contributed by atoms with Gasteiger partial charge in [-0.05, 0) is 86.7 Å². The summed E-state index contributed by atoms with van der Waals surface area (Å²) in [4.78, 5) is 12.1. The van der Waals surface area contributed by atoms with Crippen LogP contribution in [0.2, 0.25) is 0 Å². The SMILES string of the molecule is Cc1cc(C=NNC(=O)c2cc(Br)c(O)c(Br)c2)cc(C)c1O. The quantitative estimate of drug-likeness (QED) is 0.497. The molecular formula is C16H14Br2N2O3. The van der Waals surface area contributed by atoms with E-state index in [2.05, 4.69) is 42.4 Å². The fraction of sp³-hybridized carbons (Fsp3) is 0.125. The van der Waals surface area contributed by atoms with Gasteiger partial charge in [0, 0.05) is 5.56 Å². The van der Waals surface area contributed by atoms with Gasteiger partial charge in [-0.15, -0.1) is 0 Å². The molecule has 0 spiro atoms. The zero-order chi connectivity index (χ0) is 17.1. The number of hydrogen-bond donors (Lipinski definition) is 3. The lowest BCUT2D eigenvalue weighted by molar-refractivity contribution is 0.0955. The van der Waals surface area contributed by atoms with Gasteiger partial charge in [0.1, 0.15) is 11.5 Å². The number of carbonyl (C=O) groups is 1. The molecule has 0 aliphatic carbocycles. The molecule has 1 amide bonds. The maximum Gasteiger partial charge on any atom is 0.271 e. The van der Waals surface area contributed by atoms with Crippen LogP contribution in [0, 0.1) is 13.8 Å². The number of hydrogen-bond acceptors (Lipinski definition) is 4. The maximum absolute atomic E-state index is 12.1. The van der Waals surface area contributed by atoms with Crippen molar-refractivity contribution in [2.45, 2.75) is 13.8 Å². The van der Waals surface area contributed by atoms with Crippen molar-refractivity contribution < 1.29 is 15.0 Å². The number of amides is 1. The summed E-state index contributed by atoms with van der Waals surface area (Å²) in [6, 6.07) is 6.54. The zero-order valence-electron chi connectivity index (χ0n) is 12.4. The second-order valence-electron chi connectivity index (χ2n) is 4.99. The molecule has 2 aromatic rings. The van der Waals surface area contributed by atoms with Gasteiger partial charge in [0.2, 0.25) is 0 Å². The standard InChI is InChI=1S/C16H14Br2N2O3/c1-8-3-10(4-9(2)14(8)21)7-19-20-16(23)11-5-12(17)15(22)13(18)6-11/h3-7,21-22H,1-2H3,(H,20,23). The number of aromatic hydroxyl groups is 2. The minimum atomic E-state index is -0.408. The lowest BCUT2D eigenvalue weighted by Gasteiger charge is -2.06. The molecule has 0 bridgehead atoms. The molecule has 0 atom stereocenters. The van der Waals surface area contributed by atoms with E-state index in [1.807, 2.05) is 0 Å². The summed E-state index contributed by atoms with van der Waals surface area (Å²) in [6.07, 6.45) is 1.50. The minimum Gasteiger partial charge on any atom is -0.507 e. The number of nitrogens with zero attached hydrogens (tertiary/aromatic N) is 1. The van der Waals surface area contributed by atoms with E-state index in [9.17, 15) is 15.0 Å². The molecule has 3 N–H and O–H groups in total. The van der Waals surface area contributed by atoms with Crippen molar-refractivity contribution in [2.75, 3.05) is 0 Å². The molecule has 0 aliphatic rings. The first-order valence-corrected chi connectivity index (χ1v) is 8.20. The Balaban J connectivity index is 2.13. The van der Waals surface area contributed by atoms with Gasteiger partial charge in [-0.25, -0.2) is 5.43 Å². The molecule has 7 heteroatoms. The van der Waals surface area contributed by atoms with Crippen molar-refractivity contribution in [2.24, 2.45) is 5.10 Å². The Morgan fingerprint density at radius 3 is 2.09 bits per heavy atom. The Morgan fingerprint density at radius 1 is 1.04 bits per heavy atom. The van der Waals surface area contributed by atoms with Gasteiger partial charge in [0.05, 0.1) is 15.2 Å². The second kappa shape index (κ2) is 7.14. The van der Waals surface area contributed by atoms with Crippen LogP contribution < -0.4 is 5.43 Å². The summed E-state index contributed by atoms with van der Waals surface area (Å²) < 4.78 is 0.816. The lowest BCUT2D eigenvalue weighted by atomic mass is 10.1. The Bertz CT molecular complexity index is 758. The van der Waals surface area contributed by atoms with E-state index in [1.165, 1.54) is 18.3 Å². The van der Waals surface area contributed by atoms with E-state index in [0.29, 0.717) is 14.5 Å². The highest BCUT2D eigenvalue weighted by atomic mass is 79.9. The number of phenolic OH excluding ortho intramolecular Hbond substituents is 2. The summed E-state index contributed by atoms with van der Waals surface area (Å²) in [5.74, 6) is -0.125. The van der Waals surface area contributed by atoms with E-state index in [0.717, 1.165) is 16.7 Å². The smallest absolute Gasteiger partial charge is 0.271 e. The molecule has 0 saturated carbocycles. The van der Waals surface area contributed by atoms with Crippen molar-refractivity contribution in [3.05, 3.63) is 55.5 Å². The number of hydrazone groups is 1. The Labute approximate surface area is 150 Å². The molecule has 0 aliphatic heterocycles. The first kappa shape index (κ1) is 17.5. The van der Waals surface area contributed by atoms with Gasteiger partial charge < -0.3 is 10.2 Å². The summed E-state index contributed by atoms with van der Waals surface area (Å²) in [6.45, 7) is 3.59. The number of rotatable bonds is 3. The predicted octanol–water partition coefficient (Wildman–Crippen LogP) is 4.00. The van der Waals surface area contributed by atoms with E-state index in [1.54, 1.807) is 26.0 Å². The average molecular weight is 442 g/mol. The summed E-state index contributed by atoms with van der Waals surface area (Å²) >= 11 is 6.34. The topological polar surface area (TPSA) is 81.9 Å². The second-order valence-corrected chi connectivity index (χ2v) is 6.70. The number of benzene rings is 2. The van der Waals surface area contributed by atoms with Crippen LogP contribution >= 0.6 is 31.9 Å². The summed E-state index contributed by atoms with van der Waals surface area (Å²) in [7, 11) is 0. The number of halogens is 2. The molecule has 0 unspecified atom stereocenters. The molecule has 23 heavy (non-hydrogen) atoms. The molecule has 0 fully saturated rings. The molecule has 0 heterocycles. The van der Waals surface area contributed by atoms with Gasteiger partial charge >= 0.3 is 0 Å². The number of nitrogens with one attached hydrogen (secondary N) is 1. The van der Waals surface area contributed by atoms with Gasteiger partial charge in [0.15, 0.2) is 0 Å². The van der Waals surface area contributed by atoms with E-state index < -0.39 is 5.91 Å². The number of phenols is 2. The van der Waals surface area contributed by atoms with Gasteiger partial charge in [-0.3, -0.25) is 4.79 Å². The summed E-state index contributed by atoms with van der Waals surface area (Å²) in [5, 5.41) is 23.3. The number of carbonyl (C=O) groups excluding carboxylic acids is 1. The van der Waals surface area contributed by atoms with Crippen LogP contribution in [0.15, 0.2) is 38.3 Å². The molecule has 0 aromatic heterocycles. The molecule has 2 rings (SSSR count). The monoisotopic (exact) mass is 440 g/mol. The normalized spacial score (nSPS) is 11.0. The largest absolute Gasteiger partial charge is 0.507 e. The molecule has 0 saturated heterocycles. The molecule has 2 aromatic carbocycles. The van der Waals surface area contributed by atoms with E-state index in [4.69, 9.17) is 0 Å². The lowest BCUT2D eigenvalue weighted by Crippen LogP contribution is -2.17. The van der Waals surface area contributed by atoms with Crippen LogP contribution in [-0.4, -0.2) is 22.3 Å². The van der Waals surface area contributed by atoms with Crippen LogP contribution in [0.3, 0.4) is 0 Å². The highest BCUT2D eigenvalue weighted by Crippen LogP contribution is 2.33. The van der Waals surface area contributed by atoms with E-state index in [-0.39, 0.29) is 11.5 Å². The van der Waals surface area contributed by atoms with Crippen molar-refractivity contribution in [3.8, 4) is 11.5 Å². The summed E-state index contributed by atoms with van der Waals surface area (Å²) in [5.41, 5.74) is 5.01. The van der Waals surface area contributed by atoms with Crippen LogP contribution in [0.5, 0.6) is 11.5 Å². The number of aryl methyl sites for hydroxylation is 2. The van der Waals surface area contributed by atoms with Crippen LogP contribution in [0.4, 0.5) is 0 Å². The van der Waals surface area contributed by atoms with Crippen LogP contribution in [-0.2, 0) is 0 Å². The Kier molecular flexibility index (Phi) is 5.43. The van der Waals surface area contributed by atoms with Crippen molar-refractivity contribution in [1.82, 2.24) is 5.43 Å². The fourth-order valence-electron chi connectivity index (χ4n) is 1.99. The highest BCUT2D eigenvalue weighted by Gasteiger charge is 2.11. The Morgan fingerprint density at radius 2 is 1.57 bits per heavy atom. The molecular weight excluding hydrogens is 428 g/mol. The predicted molar refractivity (Wildman–Crippen MR) is 96.1 cm³/mol. The molecule has 0 radical (unpaired) electrons. The van der Waals surface area contributed by atoms with Gasteiger partial charge in [-0.2, -0.15) is 5.10 Å². The first-order valence-electron chi connectivity index (χ1n) is 6.61. The Hall–Kier alpha value is -1.86. The van der Waals surface area contributed by atoms with Crippen LogP contribution in [0.1, 0.15) is 27.0 Å². The highest BCUT2D eigenvalue weighted by molar-refractivity contribution is 9.11. The third kappa shape index (κ3) is 4.11. The van der Waals surface area contributed by atoms with Crippen LogP contribution in [0.25, 0.3) is 0 Å². The van der Waals surface area contributed by atoms with Gasteiger partial charge in [-0.1, -0.05) is 0 Å². The van der Waals surface area contributed by atoms with E-state index >= 15 is 0 Å². The van der Waals surface area contributed by atoms with Crippen molar-refractivity contribution in [3.63, 3.8) is 0 Å². The van der Waals surface area contributed by atoms with Gasteiger partial charge in [0.25, 0.3) is 5.91 Å². The van der Waals surface area contributed by atoms with Crippen molar-refractivity contribution >= 4 is 44.0 Å².